The quantitative estimate of drug-likeness (QED) is 0.909. The summed E-state index contributed by atoms with van der Waals surface area (Å²) in [6.45, 7) is 0.730. The number of nitrogens with one attached hydrogen (secondary N) is 1. The minimum absolute atomic E-state index is 0.0430. The number of carbonyl (C=O) groups is 1. The molecule has 1 amide bonds. The highest BCUT2D eigenvalue weighted by Gasteiger charge is 2.14. The van der Waals surface area contributed by atoms with Crippen molar-refractivity contribution in [1.82, 2.24) is 0 Å². The fourth-order valence-electron chi connectivity index (χ4n) is 2.28. The molecule has 20 heavy (non-hydrogen) atoms. The molecular formula is C16H14FNO2. The molecule has 1 aliphatic heterocycles. The van der Waals surface area contributed by atoms with E-state index in [9.17, 15) is 9.18 Å². The maximum Gasteiger partial charge on any atom is 0.258 e. The van der Waals surface area contributed by atoms with Crippen molar-refractivity contribution >= 4 is 11.6 Å². The predicted octanol–water partition coefficient (Wildman–Crippen LogP) is 3.40. The summed E-state index contributed by atoms with van der Waals surface area (Å²) in [4.78, 5) is 12.0. The molecule has 2 aromatic carbocycles. The summed E-state index contributed by atoms with van der Waals surface area (Å²) in [5, 5.41) is 2.71. The molecule has 0 saturated carbocycles. The third-order valence-electron chi connectivity index (χ3n) is 3.28. The highest BCUT2D eigenvalue weighted by molar-refractivity contribution is 6.04. The number of rotatable bonds is 2. The van der Waals surface area contributed by atoms with Gasteiger partial charge in [0.05, 0.1) is 12.2 Å². The number of benzene rings is 2. The van der Waals surface area contributed by atoms with E-state index in [2.05, 4.69) is 5.32 Å². The zero-order valence-electron chi connectivity index (χ0n) is 10.9. The molecule has 2 aromatic rings. The minimum atomic E-state index is -0.522. The van der Waals surface area contributed by atoms with Crippen LogP contribution in [0.3, 0.4) is 0 Å². The van der Waals surface area contributed by atoms with E-state index in [1.807, 2.05) is 12.1 Å². The van der Waals surface area contributed by atoms with E-state index in [-0.39, 0.29) is 5.56 Å². The van der Waals surface area contributed by atoms with Crippen molar-refractivity contribution < 1.29 is 13.9 Å². The second kappa shape index (κ2) is 5.33. The van der Waals surface area contributed by atoms with Gasteiger partial charge in [0, 0.05) is 5.69 Å². The van der Waals surface area contributed by atoms with Crippen LogP contribution in [0.5, 0.6) is 5.75 Å². The molecule has 1 aliphatic rings. The van der Waals surface area contributed by atoms with E-state index in [1.165, 1.54) is 12.1 Å². The van der Waals surface area contributed by atoms with Gasteiger partial charge < -0.3 is 10.1 Å². The summed E-state index contributed by atoms with van der Waals surface area (Å²) >= 11 is 0. The standard InChI is InChI=1S/C16H14FNO2/c17-14-6-2-1-5-13(14)16(19)18-12-7-8-15-11(10-12)4-3-9-20-15/h1-2,5-8,10H,3-4,9H2,(H,18,19). The van der Waals surface area contributed by atoms with E-state index >= 15 is 0 Å². The topological polar surface area (TPSA) is 38.3 Å². The second-order valence-electron chi connectivity index (χ2n) is 4.71. The van der Waals surface area contributed by atoms with Gasteiger partial charge in [0.15, 0.2) is 0 Å². The van der Waals surface area contributed by atoms with Crippen LogP contribution in [0.4, 0.5) is 10.1 Å². The fraction of sp³-hybridized carbons (Fsp3) is 0.188. The first-order valence-electron chi connectivity index (χ1n) is 6.55. The number of anilines is 1. The van der Waals surface area contributed by atoms with Crippen LogP contribution in [-0.2, 0) is 6.42 Å². The highest BCUT2D eigenvalue weighted by atomic mass is 19.1. The van der Waals surface area contributed by atoms with Gasteiger partial charge in [0.25, 0.3) is 5.91 Å². The number of aryl methyl sites for hydroxylation is 1. The molecule has 0 radical (unpaired) electrons. The Morgan fingerprint density at radius 3 is 2.90 bits per heavy atom. The van der Waals surface area contributed by atoms with Gasteiger partial charge in [-0.25, -0.2) is 4.39 Å². The van der Waals surface area contributed by atoms with Crippen LogP contribution >= 0.6 is 0 Å². The number of hydrogen-bond donors (Lipinski definition) is 1. The van der Waals surface area contributed by atoms with Crippen LogP contribution in [0.2, 0.25) is 0 Å². The minimum Gasteiger partial charge on any atom is -0.493 e. The van der Waals surface area contributed by atoms with Crippen molar-refractivity contribution in [3.8, 4) is 5.75 Å². The summed E-state index contributed by atoms with van der Waals surface area (Å²) < 4.78 is 19.0. The van der Waals surface area contributed by atoms with Crippen LogP contribution in [0.15, 0.2) is 42.5 Å². The van der Waals surface area contributed by atoms with E-state index in [0.717, 1.165) is 30.8 Å². The molecule has 3 nitrogen and oxygen atoms in total. The van der Waals surface area contributed by atoms with E-state index in [4.69, 9.17) is 4.74 Å². The molecule has 4 heteroatoms. The lowest BCUT2D eigenvalue weighted by molar-refractivity contribution is 0.102. The summed E-state index contributed by atoms with van der Waals surface area (Å²) in [6.07, 6.45) is 1.90. The van der Waals surface area contributed by atoms with Gasteiger partial charge in [-0.15, -0.1) is 0 Å². The summed E-state index contributed by atoms with van der Waals surface area (Å²) in [6, 6.07) is 11.4. The van der Waals surface area contributed by atoms with Gasteiger partial charge in [-0.05, 0) is 48.7 Å². The van der Waals surface area contributed by atoms with Gasteiger partial charge >= 0.3 is 0 Å². The van der Waals surface area contributed by atoms with Crippen molar-refractivity contribution in [3.05, 3.63) is 59.4 Å². The van der Waals surface area contributed by atoms with Crippen molar-refractivity contribution in [2.45, 2.75) is 12.8 Å². The maximum absolute atomic E-state index is 13.5. The average molecular weight is 271 g/mol. The fourth-order valence-corrected chi connectivity index (χ4v) is 2.28. The SMILES string of the molecule is O=C(Nc1ccc2c(c1)CCCO2)c1ccccc1F. The summed E-state index contributed by atoms with van der Waals surface area (Å²) in [7, 11) is 0. The average Bonchev–Trinajstić information content (AvgIpc) is 2.47. The lowest BCUT2D eigenvalue weighted by Gasteiger charge is -2.18. The summed E-state index contributed by atoms with van der Waals surface area (Å²) in [5.74, 6) is -0.105. The van der Waals surface area contributed by atoms with Crippen LogP contribution in [0, 0.1) is 5.82 Å². The zero-order chi connectivity index (χ0) is 13.9. The van der Waals surface area contributed by atoms with Crippen LogP contribution < -0.4 is 10.1 Å². The predicted molar refractivity (Wildman–Crippen MR) is 74.6 cm³/mol. The van der Waals surface area contributed by atoms with Crippen molar-refractivity contribution in [1.29, 1.82) is 0 Å². The van der Waals surface area contributed by atoms with Crippen LogP contribution in [0.25, 0.3) is 0 Å². The Kier molecular flexibility index (Phi) is 3.37. The number of ether oxygens (including phenoxy) is 1. The molecule has 1 heterocycles. The molecule has 0 atom stereocenters. The first-order chi connectivity index (χ1) is 9.74. The first-order valence-corrected chi connectivity index (χ1v) is 6.55. The van der Waals surface area contributed by atoms with Crippen molar-refractivity contribution in [2.75, 3.05) is 11.9 Å². The number of hydrogen-bond acceptors (Lipinski definition) is 2. The highest BCUT2D eigenvalue weighted by Crippen LogP contribution is 2.27. The normalized spacial score (nSPS) is 13.2. The second-order valence-corrected chi connectivity index (χ2v) is 4.71. The maximum atomic E-state index is 13.5. The molecule has 0 bridgehead atoms. The molecule has 1 N–H and O–H groups in total. The van der Waals surface area contributed by atoms with Gasteiger partial charge in [-0.1, -0.05) is 12.1 Å². The van der Waals surface area contributed by atoms with E-state index < -0.39 is 11.7 Å². The Balaban J connectivity index is 1.81. The Bertz CT molecular complexity index is 655. The number of amides is 1. The Morgan fingerprint density at radius 1 is 1.20 bits per heavy atom. The molecule has 0 aromatic heterocycles. The molecule has 0 spiro atoms. The summed E-state index contributed by atoms with van der Waals surface area (Å²) in [5.41, 5.74) is 1.77. The zero-order valence-corrected chi connectivity index (χ0v) is 10.9. The lowest BCUT2D eigenvalue weighted by Crippen LogP contribution is -2.14. The van der Waals surface area contributed by atoms with Crippen molar-refractivity contribution in [3.63, 3.8) is 0 Å². The molecule has 3 rings (SSSR count). The van der Waals surface area contributed by atoms with Gasteiger partial charge in [-0.3, -0.25) is 4.79 Å². The number of carbonyl (C=O) groups excluding carboxylic acids is 1. The van der Waals surface area contributed by atoms with Crippen molar-refractivity contribution in [2.24, 2.45) is 0 Å². The number of halogens is 1. The van der Waals surface area contributed by atoms with Gasteiger partial charge in [0.2, 0.25) is 0 Å². The molecule has 0 unspecified atom stereocenters. The Labute approximate surface area is 116 Å². The first kappa shape index (κ1) is 12.7. The van der Waals surface area contributed by atoms with Crippen LogP contribution in [0.1, 0.15) is 22.3 Å². The third-order valence-corrected chi connectivity index (χ3v) is 3.28. The smallest absolute Gasteiger partial charge is 0.258 e. The molecule has 0 saturated heterocycles. The Hall–Kier alpha value is -2.36. The largest absolute Gasteiger partial charge is 0.493 e. The van der Waals surface area contributed by atoms with Gasteiger partial charge in [0.1, 0.15) is 11.6 Å². The van der Waals surface area contributed by atoms with Gasteiger partial charge in [-0.2, -0.15) is 0 Å². The van der Waals surface area contributed by atoms with E-state index in [1.54, 1.807) is 18.2 Å². The Morgan fingerprint density at radius 2 is 2.05 bits per heavy atom. The number of fused-ring (bicyclic) bond motifs is 1. The molecule has 0 aliphatic carbocycles. The van der Waals surface area contributed by atoms with E-state index in [0.29, 0.717) is 5.69 Å². The lowest BCUT2D eigenvalue weighted by atomic mass is 10.1. The third kappa shape index (κ3) is 2.50. The molecule has 102 valence electrons. The van der Waals surface area contributed by atoms with Crippen LogP contribution in [-0.4, -0.2) is 12.5 Å². The molecular weight excluding hydrogens is 257 g/mol. The monoisotopic (exact) mass is 271 g/mol. The molecule has 0 fully saturated rings.